The minimum atomic E-state index is -0.783. The van der Waals surface area contributed by atoms with Crippen LogP contribution in [-0.4, -0.2) is 20.9 Å². The Kier molecular flexibility index (Phi) is 2.99. The first-order chi connectivity index (χ1) is 7.58. The largest absolute Gasteiger partial charge is 0.481 e. The van der Waals surface area contributed by atoms with Gasteiger partial charge in [-0.3, -0.25) is 9.48 Å². The molecule has 1 aromatic heterocycles. The van der Waals surface area contributed by atoms with Gasteiger partial charge in [0.1, 0.15) is 0 Å². The Bertz CT molecular complexity index is 405. The standard InChI is InChI=1S/C12H18N2O2/c1-8-11(6-12(15)16)9(2)14(13-8)7-10-4-3-5-10/h10H,3-7H2,1-2H3,(H,15,16). The summed E-state index contributed by atoms with van der Waals surface area (Å²) in [5.41, 5.74) is 2.76. The number of carbonyl (C=O) groups is 1. The number of hydrogen-bond donors (Lipinski definition) is 1. The van der Waals surface area contributed by atoms with Crippen LogP contribution in [0.1, 0.15) is 36.2 Å². The van der Waals surface area contributed by atoms with Crippen molar-refractivity contribution < 1.29 is 9.90 Å². The van der Waals surface area contributed by atoms with E-state index in [1.54, 1.807) is 0 Å². The maximum atomic E-state index is 10.7. The molecule has 1 heterocycles. The average Bonchev–Trinajstić information content (AvgIpc) is 2.39. The molecule has 0 aromatic carbocycles. The van der Waals surface area contributed by atoms with E-state index >= 15 is 0 Å². The number of rotatable bonds is 4. The van der Waals surface area contributed by atoms with Crippen LogP contribution < -0.4 is 0 Å². The number of aromatic nitrogens is 2. The Morgan fingerprint density at radius 1 is 1.50 bits per heavy atom. The molecular weight excluding hydrogens is 204 g/mol. The average molecular weight is 222 g/mol. The third-order valence-electron chi connectivity index (χ3n) is 3.52. The Balaban J connectivity index is 2.16. The number of carboxylic acid groups (broad SMARTS) is 1. The predicted molar refractivity (Wildman–Crippen MR) is 60.4 cm³/mol. The van der Waals surface area contributed by atoms with Gasteiger partial charge in [-0.25, -0.2) is 0 Å². The van der Waals surface area contributed by atoms with Crippen LogP contribution in [0.3, 0.4) is 0 Å². The van der Waals surface area contributed by atoms with Crippen molar-refractivity contribution in [3.8, 4) is 0 Å². The molecule has 1 saturated carbocycles. The van der Waals surface area contributed by atoms with E-state index in [1.165, 1.54) is 19.3 Å². The van der Waals surface area contributed by atoms with Crippen LogP contribution in [0.25, 0.3) is 0 Å². The van der Waals surface area contributed by atoms with Gasteiger partial charge in [0.2, 0.25) is 0 Å². The summed E-state index contributed by atoms with van der Waals surface area (Å²) in [5, 5.41) is 13.3. The predicted octanol–water partition coefficient (Wildman–Crippen LogP) is 1.93. The first-order valence-corrected chi connectivity index (χ1v) is 5.82. The molecule has 4 heteroatoms. The van der Waals surface area contributed by atoms with Gasteiger partial charge in [0, 0.05) is 17.8 Å². The highest BCUT2D eigenvalue weighted by molar-refractivity contribution is 5.70. The number of carboxylic acids is 1. The molecule has 4 nitrogen and oxygen atoms in total. The van der Waals surface area contributed by atoms with Crippen molar-refractivity contribution in [1.29, 1.82) is 0 Å². The maximum Gasteiger partial charge on any atom is 0.307 e. The number of hydrogen-bond acceptors (Lipinski definition) is 2. The second-order valence-electron chi connectivity index (χ2n) is 4.70. The van der Waals surface area contributed by atoms with Crippen molar-refractivity contribution in [2.45, 2.75) is 46.1 Å². The van der Waals surface area contributed by atoms with Gasteiger partial charge in [-0.15, -0.1) is 0 Å². The highest BCUT2D eigenvalue weighted by Crippen LogP contribution is 2.28. The van der Waals surface area contributed by atoms with Crippen LogP contribution in [0.4, 0.5) is 0 Å². The van der Waals surface area contributed by atoms with Gasteiger partial charge in [-0.05, 0) is 32.6 Å². The molecule has 0 spiro atoms. The summed E-state index contributed by atoms with van der Waals surface area (Å²) in [4.78, 5) is 10.7. The molecule has 0 bridgehead atoms. The van der Waals surface area contributed by atoms with Crippen molar-refractivity contribution in [3.05, 3.63) is 17.0 Å². The molecule has 1 aromatic rings. The molecule has 1 aliphatic carbocycles. The Morgan fingerprint density at radius 2 is 2.19 bits per heavy atom. The summed E-state index contributed by atoms with van der Waals surface area (Å²) in [7, 11) is 0. The molecule has 0 aliphatic heterocycles. The van der Waals surface area contributed by atoms with E-state index in [4.69, 9.17) is 5.11 Å². The van der Waals surface area contributed by atoms with E-state index in [0.717, 1.165) is 29.4 Å². The van der Waals surface area contributed by atoms with Crippen LogP contribution in [0, 0.1) is 19.8 Å². The highest BCUT2D eigenvalue weighted by Gasteiger charge is 2.21. The van der Waals surface area contributed by atoms with Crippen LogP contribution in [0.2, 0.25) is 0 Å². The van der Waals surface area contributed by atoms with Crippen molar-refractivity contribution in [3.63, 3.8) is 0 Å². The summed E-state index contributed by atoms with van der Waals surface area (Å²) in [6.07, 6.45) is 3.98. The van der Waals surface area contributed by atoms with Crippen LogP contribution in [-0.2, 0) is 17.8 Å². The molecule has 2 rings (SSSR count). The lowest BCUT2D eigenvalue weighted by Gasteiger charge is -2.25. The lowest BCUT2D eigenvalue weighted by molar-refractivity contribution is -0.136. The van der Waals surface area contributed by atoms with Gasteiger partial charge in [-0.1, -0.05) is 6.42 Å². The Hall–Kier alpha value is -1.32. The lowest BCUT2D eigenvalue weighted by Crippen LogP contribution is -2.19. The fourth-order valence-corrected chi connectivity index (χ4v) is 2.24. The van der Waals surface area contributed by atoms with E-state index in [0.29, 0.717) is 0 Å². The van der Waals surface area contributed by atoms with Crippen molar-refractivity contribution in [1.82, 2.24) is 9.78 Å². The molecule has 0 unspecified atom stereocenters. The SMILES string of the molecule is Cc1nn(CC2CCC2)c(C)c1CC(=O)O. The van der Waals surface area contributed by atoms with Crippen LogP contribution >= 0.6 is 0 Å². The second kappa shape index (κ2) is 4.28. The normalized spacial score (nSPS) is 16.1. The summed E-state index contributed by atoms with van der Waals surface area (Å²) in [6, 6.07) is 0. The molecule has 88 valence electrons. The van der Waals surface area contributed by atoms with E-state index in [-0.39, 0.29) is 6.42 Å². The van der Waals surface area contributed by atoms with E-state index in [9.17, 15) is 4.79 Å². The Labute approximate surface area is 95.3 Å². The molecule has 0 amide bonds. The number of aliphatic carboxylic acids is 1. The first-order valence-electron chi connectivity index (χ1n) is 5.82. The van der Waals surface area contributed by atoms with E-state index < -0.39 is 5.97 Å². The topological polar surface area (TPSA) is 55.1 Å². The molecule has 0 radical (unpaired) electrons. The molecule has 16 heavy (non-hydrogen) atoms. The maximum absolute atomic E-state index is 10.7. The lowest BCUT2D eigenvalue weighted by atomic mass is 9.85. The van der Waals surface area contributed by atoms with Gasteiger partial charge >= 0.3 is 5.97 Å². The van der Waals surface area contributed by atoms with Crippen LogP contribution in [0.5, 0.6) is 0 Å². The van der Waals surface area contributed by atoms with Gasteiger partial charge < -0.3 is 5.11 Å². The molecule has 0 saturated heterocycles. The summed E-state index contributed by atoms with van der Waals surface area (Å²) in [6.45, 7) is 4.81. The van der Waals surface area contributed by atoms with Crippen LogP contribution in [0.15, 0.2) is 0 Å². The smallest absolute Gasteiger partial charge is 0.307 e. The quantitative estimate of drug-likeness (QED) is 0.846. The van der Waals surface area contributed by atoms with E-state index in [2.05, 4.69) is 5.10 Å². The van der Waals surface area contributed by atoms with Gasteiger partial charge in [0.15, 0.2) is 0 Å². The van der Waals surface area contributed by atoms with Gasteiger partial charge in [0.25, 0.3) is 0 Å². The third-order valence-corrected chi connectivity index (χ3v) is 3.52. The minimum Gasteiger partial charge on any atom is -0.481 e. The van der Waals surface area contributed by atoms with Crippen molar-refractivity contribution in [2.75, 3.05) is 0 Å². The molecule has 1 N–H and O–H groups in total. The molecular formula is C12H18N2O2. The second-order valence-corrected chi connectivity index (χ2v) is 4.70. The van der Waals surface area contributed by atoms with E-state index in [1.807, 2.05) is 18.5 Å². The zero-order chi connectivity index (χ0) is 11.7. The molecule has 0 atom stereocenters. The molecule has 1 aliphatic rings. The monoisotopic (exact) mass is 222 g/mol. The van der Waals surface area contributed by atoms with Crippen molar-refractivity contribution >= 4 is 5.97 Å². The molecule has 1 fully saturated rings. The highest BCUT2D eigenvalue weighted by atomic mass is 16.4. The van der Waals surface area contributed by atoms with Gasteiger partial charge in [-0.2, -0.15) is 5.10 Å². The van der Waals surface area contributed by atoms with Crippen molar-refractivity contribution in [2.24, 2.45) is 5.92 Å². The van der Waals surface area contributed by atoms with Gasteiger partial charge in [0.05, 0.1) is 12.1 Å². The number of aryl methyl sites for hydroxylation is 1. The number of nitrogens with zero attached hydrogens (tertiary/aromatic N) is 2. The fraction of sp³-hybridized carbons (Fsp3) is 0.667. The fourth-order valence-electron chi connectivity index (χ4n) is 2.24. The summed E-state index contributed by atoms with van der Waals surface area (Å²) >= 11 is 0. The third kappa shape index (κ3) is 2.10. The zero-order valence-electron chi connectivity index (χ0n) is 9.86. The summed E-state index contributed by atoms with van der Waals surface area (Å²) < 4.78 is 1.98. The first kappa shape index (κ1) is 11.2. The Morgan fingerprint density at radius 3 is 2.69 bits per heavy atom. The zero-order valence-corrected chi connectivity index (χ0v) is 9.86. The minimum absolute atomic E-state index is 0.0856. The summed E-state index contributed by atoms with van der Waals surface area (Å²) in [5.74, 6) is -0.0370.